The Morgan fingerprint density at radius 1 is 1.18 bits per heavy atom. The summed E-state index contributed by atoms with van der Waals surface area (Å²) in [5.74, 6) is -0.792. The molecule has 5 heteroatoms. The first-order valence-electron chi connectivity index (χ1n) is 9.34. The van der Waals surface area contributed by atoms with Gasteiger partial charge < -0.3 is 19.7 Å². The van der Waals surface area contributed by atoms with Crippen LogP contribution in [0.5, 0.6) is 11.5 Å². The molecule has 3 N–H and O–H groups in total. The maximum absolute atomic E-state index is 11.3. The molecular formula is C23H28O5. The van der Waals surface area contributed by atoms with Gasteiger partial charge in [0.2, 0.25) is 0 Å². The molecule has 0 aliphatic rings. The number of carbonyl (C=O) groups is 1. The van der Waals surface area contributed by atoms with E-state index in [0.29, 0.717) is 5.56 Å². The third-order valence-corrected chi connectivity index (χ3v) is 4.59. The van der Waals surface area contributed by atoms with E-state index < -0.39 is 5.97 Å². The lowest BCUT2D eigenvalue weighted by Gasteiger charge is -2.11. The average molecular weight is 384 g/mol. The highest BCUT2D eigenvalue weighted by molar-refractivity contribution is 5.93. The van der Waals surface area contributed by atoms with Crippen molar-refractivity contribution in [3.8, 4) is 11.5 Å². The second-order valence-electron chi connectivity index (χ2n) is 7.41. The van der Waals surface area contributed by atoms with E-state index in [1.807, 2.05) is 39.0 Å². The summed E-state index contributed by atoms with van der Waals surface area (Å²) >= 11 is 0. The molecule has 28 heavy (non-hydrogen) atoms. The van der Waals surface area contributed by atoms with Crippen LogP contribution in [0.25, 0.3) is 6.08 Å². The third-order valence-electron chi connectivity index (χ3n) is 4.59. The summed E-state index contributed by atoms with van der Waals surface area (Å²) in [6.07, 6.45) is 8.69. The molecule has 2 rings (SSSR count). The Hall–Kier alpha value is -2.95. The zero-order valence-electron chi connectivity index (χ0n) is 16.9. The molecule has 1 aromatic heterocycles. The van der Waals surface area contributed by atoms with E-state index in [1.165, 1.54) is 11.6 Å². The predicted molar refractivity (Wildman–Crippen MR) is 110 cm³/mol. The van der Waals surface area contributed by atoms with Crippen LogP contribution in [0.15, 0.2) is 40.0 Å². The number of hydrogen-bond acceptors (Lipinski definition) is 4. The van der Waals surface area contributed by atoms with Crippen molar-refractivity contribution in [2.75, 3.05) is 0 Å². The van der Waals surface area contributed by atoms with Gasteiger partial charge in [-0.3, -0.25) is 0 Å². The van der Waals surface area contributed by atoms with Crippen molar-refractivity contribution in [2.45, 2.75) is 53.4 Å². The van der Waals surface area contributed by atoms with Gasteiger partial charge in [-0.2, -0.15) is 0 Å². The molecule has 0 bridgehead atoms. The lowest BCUT2D eigenvalue weighted by molar-refractivity contribution is 0.0692. The molecule has 0 saturated carbocycles. The quantitative estimate of drug-likeness (QED) is 0.513. The summed E-state index contributed by atoms with van der Waals surface area (Å²) < 4.78 is 5.51. The Balaban J connectivity index is 1.98. The first-order valence-corrected chi connectivity index (χ1v) is 9.34. The summed E-state index contributed by atoms with van der Waals surface area (Å²) in [7, 11) is 0. The number of rotatable bonds is 8. The normalized spacial score (nSPS) is 11.5. The largest absolute Gasteiger partial charge is 0.508 e. The minimum absolute atomic E-state index is 0.0887. The van der Waals surface area contributed by atoms with Gasteiger partial charge in [-0.05, 0) is 82.7 Å². The number of hydrogen-bond donors (Lipinski definition) is 3. The first-order chi connectivity index (χ1) is 13.2. The van der Waals surface area contributed by atoms with Gasteiger partial charge in [0.05, 0.1) is 6.26 Å². The Labute approximate surface area is 165 Å². The van der Waals surface area contributed by atoms with E-state index in [4.69, 9.17) is 4.42 Å². The molecule has 2 aromatic rings. The topological polar surface area (TPSA) is 90.9 Å². The fourth-order valence-corrected chi connectivity index (χ4v) is 3.13. The van der Waals surface area contributed by atoms with E-state index in [0.717, 1.165) is 36.2 Å². The minimum Gasteiger partial charge on any atom is -0.508 e. The zero-order chi connectivity index (χ0) is 20.8. The highest BCUT2D eigenvalue weighted by Gasteiger charge is 2.19. The Morgan fingerprint density at radius 2 is 1.89 bits per heavy atom. The van der Waals surface area contributed by atoms with Gasteiger partial charge >= 0.3 is 5.97 Å². The van der Waals surface area contributed by atoms with Gasteiger partial charge in [0.15, 0.2) is 0 Å². The van der Waals surface area contributed by atoms with Crippen molar-refractivity contribution in [1.29, 1.82) is 0 Å². The van der Waals surface area contributed by atoms with Gasteiger partial charge in [-0.15, -0.1) is 0 Å². The Morgan fingerprint density at radius 3 is 2.54 bits per heavy atom. The minimum atomic E-state index is -1.20. The third kappa shape index (κ3) is 5.52. The summed E-state index contributed by atoms with van der Waals surface area (Å²) in [4.78, 5) is 11.3. The van der Waals surface area contributed by atoms with Crippen molar-refractivity contribution in [2.24, 2.45) is 0 Å². The maximum Gasteiger partial charge on any atom is 0.339 e. The highest BCUT2D eigenvalue weighted by atomic mass is 16.4. The van der Waals surface area contributed by atoms with Crippen LogP contribution in [0.1, 0.15) is 66.4 Å². The number of carboxylic acids is 1. The zero-order valence-corrected chi connectivity index (χ0v) is 16.9. The number of furan rings is 1. The van der Waals surface area contributed by atoms with Gasteiger partial charge in [0.25, 0.3) is 0 Å². The SMILES string of the molecule is CC(C)=Cc1cc(CCC/C(C)=C\Cc2c(O)cc(C)c(C(=O)O)c2O)co1. The molecule has 0 fully saturated rings. The number of phenolic OH excluding ortho intramolecular Hbond substituents is 1. The number of aromatic hydroxyl groups is 2. The van der Waals surface area contributed by atoms with Gasteiger partial charge in [-0.25, -0.2) is 4.79 Å². The molecule has 0 atom stereocenters. The summed E-state index contributed by atoms with van der Waals surface area (Å²) in [5, 5.41) is 29.6. The average Bonchev–Trinajstić information content (AvgIpc) is 3.00. The standard InChI is InChI=1S/C23H28O5/c1-14(2)10-18-12-17(13-28-18)7-5-6-15(3)8-9-19-20(24)11-16(4)21(22(19)25)23(26)27/h8,10-13,24-25H,5-7,9H2,1-4H3,(H,26,27)/b15-8-. The first kappa shape index (κ1) is 21.4. The molecule has 0 spiro atoms. The van der Waals surface area contributed by atoms with Crippen molar-refractivity contribution < 1.29 is 24.5 Å². The van der Waals surface area contributed by atoms with E-state index in [-0.39, 0.29) is 29.0 Å². The van der Waals surface area contributed by atoms with Crippen molar-refractivity contribution >= 4 is 12.0 Å². The summed E-state index contributed by atoms with van der Waals surface area (Å²) in [6.45, 7) is 7.59. The van der Waals surface area contributed by atoms with Crippen molar-refractivity contribution in [3.63, 3.8) is 0 Å². The molecule has 5 nitrogen and oxygen atoms in total. The molecule has 1 aromatic carbocycles. The monoisotopic (exact) mass is 384 g/mol. The van der Waals surface area contributed by atoms with Gasteiger partial charge in [0.1, 0.15) is 22.8 Å². The van der Waals surface area contributed by atoms with Crippen LogP contribution < -0.4 is 0 Å². The van der Waals surface area contributed by atoms with Crippen LogP contribution in [0.2, 0.25) is 0 Å². The van der Waals surface area contributed by atoms with E-state index in [9.17, 15) is 20.1 Å². The lowest BCUT2D eigenvalue weighted by atomic mass is 9.98. The van der Waals surface area contributed by atoms with Crippen LogP contribution >= 0.6 is 0 Å². The molecule has 0 amide bonds. The summed E-state index contributed by atoms with van der Waals surface area (Å²) in [5.41, 5.74) is 3.87. The number of aryl methyl sites for hydroxylation is 2. The fourth-order valence-electron chi connectivity index (χ4n) is 3.13. The van der Waals surface area contributed by atoms with Crippen molar-refractivity contribution in [3.05, 3.63) is 63.6 Å². The van der Waals surface area contributed by atoms with E-state index >= 15 is 0 Å². The molecule has 150 valence electrons. The fraction of sp³-hybridized carbons (Fsp3) is 0.348. The van der Waals surface area contributed by atoms with Crippen molar-refractivity contribution in [1.82, 2.24) is 0 Å². The van der Waals surface area contributed by atoms with Crippen LogP contribution in [0.4, 0.5) is 0 Å². The van der Waals surface area contributed by atoms with E-state index in [1.54, 1.807) is 13.2 Å². The number of phenols is 2. The molecular weight excluding hydrogens is 356 g/mol. The van der Waals surface area contributed by atoms with Crippen LogP contribution in [-0.2, 0) is 12.8 Å². The molecule has 0 saturated heterocycles. The smallest absolute Gasteiger partial charge is 0.339 e. The number of allylic oxidation sites excluding steroid dienone is 3. The Kier molecular flexibility index (Phi) is 7.10. The predicted octanol–water partition coefficient (Wildman–Crippen LogP) is 5.63. The summed E-state index contributed by atoms with van der Waals surface area (Å²) in [6, 6.07) is 3.42. The van der Waals surface area contributed by atoms with E-state index in [2.05, 4.69) is 0 Å². The molecule has 0 aliphatic heterocycles. The second-order valence-corrected chi connectivity index (χ2v) is 7.41. The maximum atomic E-state index is 11.3. The Bertz CT molecular complexity index is 911. The van der Waals surface area contributed by atoms with Crippen LogP contribution in [-0.4, -0.2) is 21.3 Å². The number of benzene rings is 1. The lowest BCUT2D eigenvalue weighted by Crippen LogP contribution is -2.02. The van der Waals surface area contributed by atoms with Gasteiger partial charge in [-0.1, -0.05) is 17.2 Å². The van der Waals surface area contributed by atoms with Crippen LogP contribution in [0.3, 0.4) is 0 Å². The molecule has 0 aliphatic carbocycles. The van der Waals surface area contributed by atoms with Gasteiger partial charge in [0, 0.05) is 5.56 Å². The molecule has 0 unspecified atom stereocenters. The second kappa shape index (κ2) is 9.31. The molecule has 1 heterocycles. The van der Waals surface area contributed by atoms with Crippen LogP contribution in [0, 0.1) is 6.92 Å². The highest BCUT2D eigenvalue weighted by Crippen LogP contribution is 2.34. The molecule has 0 radical (unpaired) electrons. The number of aromatic carboxylic acids is 1. The number of carboxylic acid groups (broad SMARTS) is 1.